The number of nitrogens with zero attached hydrogens (tertiary/aromatic N) is 3. The minimum absolute atomic E-state index is 0.0312. The lowest BCUT2D eigenvalue weighted by molar-refractivity contribution is -0.174. The highest BCUT2D eigenvalue weighted by molar-refractivity contribution is 5.89. The summed E-state index contributed by atoms with van der Waals surface area (Å²) in [5.74, 6) is -0.221. The van der Waals surface area contributed by atoms with Gasteiger partial charge in [0.05, 0.1) is 5.92 Å². The Bertz CT molecular complexity index is 722. The number of amides is 2. The van der Waals surface area contributed by atoms with Crippen LogP contribution in [-0.2, 0) is 20.7 Å². The van der Waals surface area contributed by atoms with E-state index in [1.165, 1.54) is 5.56 Å². The van der Waals surface area contributed by atoms with Crippen LogP contribution in [0.25, 0.3) is 0 Å². The first-order valence-electron chi connectivity index (χ1n) is 10.8. The average Bonchev–Trinajstić information content (AvgIpc) is 3.12. The number of likely N-dealkylation sites (tertiary alicyclic amines) is 1. The lowest BCUT2D eigenvalue weighted by Gasteiger charge is -2.35. The molecule has 0 N–H and O–H groups in total. The van der Waals surface area contributed by atoms with Crippen LogP contribution in [0, 0.1) is 5.92 Å². The van der Waals surface area contributed by atoms with Gasteiger partial charge in [0.25, 0.3) is 0 Å². The zero-order valence-electron chi connectivity index (χ0n) is 17.6. The van der Waals surface area contributed by atoms with Crippen molar-refractivity contribution in [2.75, 3.05) is 59.0 Å². The Hall–Kier alpha value is -2.13. The van der Waals surface area contributed by atoms with Crippen LogP contribution in [0.5, 0.6) is 0 Å². The SMILES string of the molecule is O=C1CC(C(=O)N2CCN(CCCOCC(F)(F)F)CC2)CN1CCc1ccccc1. The topological polar surface area (TPSA) is 53.1 Å². The number of carbonyl (C=O) groups excluding carboxylic acids is 2. The molecule has 2 aliphatic rings. The van der Waals surface area contributed by atoms with Crippen LogP contribution >= 0.6 is 0 Å². The quantitative estimate of drug-likeness (QED) is 0.552. The lowest BCUT2D eigenvalue weighted by Crippen LogP contribution is -2.50. The minimum atomic E-state index is -4.29. The molecule has 9 heteroatoms. The van der Waals surface area contributed by atoms with Crippen molar-refractivity contribution in [2.45, 2.75) is 25.4 Å². The van der Waals surface area contributed by atoms with Crippen molar-refractivity contribution in [3.63, 3.8) is 0 Å². The van der Waals surface area contributed by atoms with Crippen LogP contribution in [0.15, 0.2) is 30.3 Å². The van der Waals surface area contributed by atoms with Crippen LogP contribution in [0.2, 0.25) is 0 Å². The van der Waals surface area contributed by atoms with Gasteiger partial charge >= 0.3 is 6.18 Å². The zero-order chi connectivity index (χ0) is 22.3. The summed E-state index contributed by atoms with van der Waals surface area (Å²) in [6.07, 6.45) is -2.72. The Morgan fingerprint density at radius 1 is 1.06 bits per heavy atom. The minimum Gasteiger partial charge on any atom is -0.372 e. The van der Waals surface area contributed by atoms with E-state index in [0.29, 0.717) is 52.2 Å². The van der Waals surface area contributed by atoms with Crippen molar-refractivity contribution in [3.8, 4) is 0 Å². The molecule has 0 radical (unpaired) electrons. The van der Waals surface area contributed by atoms with Gasteiger partial charge in [0.15, 0.2) is 0 Å². The highest BCUT2D eigenvalue weighted by Crippen LogP contribution is 2.21. The van der Waals surface area contributed by atoms with Gasteiger partial charge in [0.1, 0.15) is 6.61 Å². The summed E-state index contributed by atoms with van der Waals surface area (Å²) in [5, 5.41) is 0. The maximum absolute atomic E-state index is 12.9. The van der Waals surface area contributed by atoms with Crippen molar-refractivity contribution in [1.29, 1.82) is 0 Å². The number of piperazine rings is 1. The number of benzene rings is 1. The van der Waals surface area contributed by atoms with E-state index in [1.54, 1.807) is 4.90 Å². The molecule has 1 atom stereocenters. The van der Waals surface area contributed by atoms with Crippen LogP contribution in [0.1, 0.15) is 18.4 Å². The number of ether oxygens (including phenoxy) is 1. The van der Waals surface area contributed by atoms with Gasteiger partial charge in [-0.15, -0.1) is 0 Å². The Kier molecular flexibility index (Phi) is 8.31. The fourth-order valence-corrected chi connectivity index (χ4v) is 4.09. The summed E-state index contributed by atoms with van der Waals surface area (Å²) in [5.41, 5.74) is 1.17. The summed E-state index contributed by atoms with van der Waals surface area (Å²) >= 11 is 0. The van der Waals surface area contributed by atoms with Crippen molar-refractivity contribution in [3.05, 3.63) is 35.9 Å². The number of hydrogen-bond acceptors (Lipinski definition) is 4. The molecule has 0 aromatic heterocycles. The second-order valence-electron chi connectivity index (χ2n) is 8.16. The molecule has 0 saturated carbocycles. The zero-order valence-corrected chi connectivity index (χ0v) is 17.6. The maximum Gasteiger partial charge on any atom is 0.411 e. The molecule has 2 heterocycles. The molecule has 172 valence electrons. The van der Waals surface area contributed by atoms with Crippen LogP contribution < -0.4 is 0 Å². The van der Waals surface area contributed by atoms with Crippen LogP contribution in [0.3, 0.4) is 0 Å². The Morgan fingerprint density at radius 3 is 2.45 bits per heavy atom. The van der Waals surface area contributed by atoms with E-state index < -0.39 is 12.8 Å². The molecular weight excluding hydrogens is 411 g/mol. The Labute approximate surface area is 180 Å². The van der Waals surface area contributed by atoms with Gasteiger partial charge in [-0.3, -0.25) is 14.5 Å². The molecule has 2 fully saturated rings. The highest BCUT2D eigenvalue weighted by Gasteiger charge is 2.37. The lowest BCUT2D eigenvalue weighted by atomic mass is 10.1. The summed E-state index contributed by atoms with van der Waals surface area (Å²) in [6.45, 7) is 3.13. The van der Waals surface area contributed by atoms with Gasteiger partial charge in [0.2, 0.25) is 11.8 Å². The molecule has 6 nitrogen and oxygen atoms in total. The van der Waals surface area contributed by atoms with Gasteiger partial charge in [-0.25, -0.2) is 0 Å². The number of halogens is 3. The number of alkyl halides is 3. The van der Waals surface area contributed by atoms with Crippen molar-refractivity contribution in [1.82, 2.24) is 14.7 Å². The molecule has 2 amide bonds. The standard InChI is InChI=1S/C22H30F3N3O3/c23-22(24,25)17-31-14-4-8-26-10-12-27(13-11-26)21(30)19-15-20(29)28(16-19)9-7-18-5-2-1-3-6-18/h1-3,5-6,19H,4,7-17H2. The molecule has 2 aliphatic heterocycles. The number of carbonyl (C=O) groups is 2. The molecule has 2 saturated heterocycles. The second kappa shape index (κ2) is 10.9. The van der Waals surface area contributed by atoms with E-state index in [2.05, 4.69) is 9.64 Å². The molecule has 0 spiro atoms. The predicted molar refractivity (Wildman–Crippen MR) is 109 cm³/mol. The Balaban J connectivity index is 1.34. The largest absolute Gasteiger partial charge is 0.411 e. The fourth-order valence-electron chi connectivity index (χ4n) is 4.09. The third-order valence-corrected chi connectivity index (χ3v) is 5.79. The highest BCUT2D eigenvalue weighted by atomic mass is 19.4. The van der Waals surface area contributed by atoms with E-state index >= 15 is 0 Å². The molecule has 1 aromatic carbocycles. The van der Waals surface area contributed by atoms with Gasteiger partial charge in [-0.05, 0) is 18.4 Å². The van der Waals surface area contributed by atoms with Crippen molar-refractivity contribution < 1.29 is 27.5 Å². The third-order valence-electron chi connectivity index (χ3n) is 5.79. The number of rotatable bonds is 9. The third kappa shape index (κ3) is 7.50. The summed E-state index contributed by atoms with van der Waals surface area (Å²) in [6, 6.07) is 9.97. The van der Waals surface area contributed by atoms with Gasteiger partial charge < -0.3 is 14.5 Å². The molecule has 0 aliphatic carbocycles. The first kappa shape index (κ1) is 23.5. The molecule has 3 rings (SSSR count). The smallest absolute Gasteiger partial charge is 0.372 e. The second-order valence-corrected chi connectivity index (χ2v) is 8.16. The predicted octanol–water partition coefficient (Wildman–Crippen LogP) is 2.19. The van der Waals surface area contributed by atoms with E-state index in [0.717, 1.165) is 6.42 Å². The Morgan fingerprint density at radius 2 is 1.77 bits per heavy atom. The maximum atomic E-state index is 12.9. The van der Waals surface area contributed by atoms with Gasteiger partial charge in [0, 0.05) is 58.8 Å². The molecule has 1 unspecified atom stereocenters. The van der Waals surface area contributed by atoms with E-state index in [4.69, 9.17) is 0 Å². The van der Waals surface area contributed by atoms with E-state index in [9.17, 15) is 22.8 Å². The van der Waals surface area contributed by atoms with E-state index in [-0.39, 0.29) is 30.8 Å². The first-order valence-corrected chi connectivity index (χ1v) is 10.8. The monoisotopic (exact) mass is 441 g/mol. The molecular formula is C22H30F3N3O3. The van der Waals surface area contributed by atoms with E-state index in [1.807, 2.05) is 35.2 Å². The van der Waals surface area contributed by atoms with Crippen molar-refractivity contribution in [2.24, 2.45) is 5.92 Å². The van der Waals surface area contributed by atoms with Crippen LogP contribution in [0.4, 0.5) is 13.2 Å². The fraction of sp³-hybridized carbons (Fsp3) is 0.636. The summed E-state index contributed by atoms with van der Waals surface area (Å²) in [4.78, 5) is 30.9. The van der Waals surface area contributed by atoms with Gasteiger partial charge in [-0.2, -0.15) is 13.2 Å². The summed E-state index contributed by atoms with van der Waals surface area (Å²) in [7, 11) is 0. The normalized spacial score (nSPS) is 20.5. The van der Waals surface area contributed by atoms with Gasteiger partial charge in [-0.1, -0.05) is 30.3 Å². The first-order chi connectivity index (χ1) is 14.8. The van der Waals surface area contributed by atoms with Crippen molar-refractivity contribution >= 4 is 11.8 Å². The van der Waals surface area contributed by atoms with Crippen LogP contribution in [-0.4, -0.2) is 91.7 Å². The molecule has 0 bridgehead atoms. The summed E-state index contributed by atoms with van der Waals surface area (Å²) < 4.78 is 40.8. The molecule has 1 aromatic rings. The molecule has 31 heavy (non-hydrogen) atoms. The average molecular weight is 441 g/mol. The number of hydrogen-bond donors (Lipinski definition) is 0.